The summed E-state index contributed by atoms with van der Waals surface area (Å²) in [5, 5.41) is 43.5. The number of nitrogens with zero attached hydrogens (tertiary/aromatic N) is 5. The monoisotopic (exact) mass is 431 g/mol. The lowest BCUT2D eigenvalue weighted by molar-refractivity contribution is -0.384. The number of aromatic nitrogens is 4. The summed E-state index contributed by atoms with van der Waals surface area (Å²) in [6.45, 7) is -0.00198. The summed E-state index contributed by atoms with van der Waals surface area (Å²) in [5.74, 6) is 0.341. The largest absolute Gasteiger partial charge is 0.394 e. The molecule has 0 radical (unpaired) electrons. The van der Waals surface area contributed by atoms with Gasteiger partial charge < -0.3 is 31.1 Å². The second kappa shape index (κ2) is 8.39. The van der Waals surface area contributed by atoms with Crippen LogP contribution in [0.25, 0.3) is 11.2 Å². The number of nitrogens with one attached hydrogen (secondary N) is 1. The summed E-state index contributed by atoms with van der Waals surface area (Å²) in [6, 6.07) is 6.25. The lowest BCUT2D eigenvalue weighted by atomic mass is 10.1. The lowest BCUT2D eigenvalue weighted by Crippen LogP contribution is -2.33. The van der Waals surface area contributed by atoms with Crippen LogP contribution >= 0.6 is 0 Å². The van der Waals surface area contributed by atoms with E-state index >= 15 is 0 Å². The number of hydrogen-bond donors (Lipinski definition) is 5. The normalized spacial score (nSPS) is 23.3. The number of nitrogens with two attached hydrogens (primary N) is 1. The Morgan fingerprint density at radius 2 is 1.97 bits per heavy atom. The van der Waals surface area contributed by atoms with E-state index in [2.05, 4.69) is 20.3 Å². The molecule has 1 fully saturated rings. The maximum absolute atomic E-state index is 10.7. The van der Waals surface area contributed by atoms with Crippen molar-refractivity contribution in [1.29, 1.82) is 0 Å². The highest BCUT2D eigenvalue weighted by atomic mass is 16.6. The fourth-order valence-corrected chi connectivity index (χ4v) is 3.46. The Morgan fingerprint density at radius 3 is 2.61 bits per heavy atom. The first kappa shape index (κ1) is 20.9. The van der Waals surface area contributed by atoms with Gasteiger partial charge in [-0.1, -0.05) is 12.1 Å². The van der Waals surface area contributed by atoms with Crippen molar-refractivity contribution < 1.29 is 25.0 Å². The Balaban J connectivity index is 1.52. The Morgan fingerprint density at radius 1 is 1.23 bits per heavy atom. The van der Waals surface area contributed by atoms with Gasteiger partial charge >= 0.3 is 0 Å². The molecule has 164 valence electrons. The van der Waals surface area contributed by atoms with Gasteiger partial charge in [0.1, 0.15) is 18.3 Å². The number of fused-ring (bicyclic) bond motifs is 1. The molecular formula is C18H21N7O6. The SMILES string of the molecule is Nc1nc(NCCc2ccc([N+](=O)[O-])cc2)c2ncn(C3O[C@H](CO)[C@@H](O)[C@H]3O)c2n1. The number of nitro groups is 1. The molecule has 1 unspecified atom stereocenters. The number of aliphatic hydroxyl groups excluding tert-OH is 3. The van der Waals surface area contributed by atoms with Crippen molar-refractivity contribution in [3.63, 3.8) is 0 Å². The molecular weight excluding hydrogens is 410 g/mol. The van der Waals surface area contributed by atoms with Gasteiger partial charge in [0.15, 0.2) is 23.2 Å². The zero-order valence-electron chi connectivity index (χ0n) is 16.2. The van der Waals surface area contributed by atoms with Crippen LogP contribution in [-0.4, -0.2) is 71.2 Å². The van der Waals surface area contributed by atoms with E-state index in [1.54, 1.807) is 12.1 Å². The molecule has 0 bridgehead atoms. The van der Waals surface area contributed by atoms with Crippen molar-refractivity contribution in [2.45, 2.75) is 31.0 Å². The van der Waals surface area contributed by atoms with E-state index in [1.165, 1.54) is 23.0 Å². The molecule has 3 heterocycles. The standard InChI is InChI=1S/C18H21N7O6/c19-18-22-15(20-6-5-9-1-3-10(4-2-9)25(29)30)12-16(23-18)24(8-21-12)17-14(28)13(27)11(7-26)31-17/h1-4,8,11,13-14,17,26-28H,5-7H2,(H3,19,20,22,23)/t11-,13-,14-,17?/m1/s1. The third kappa shape index (κ3) is 3.98. The number of benzene rings is 1. The van der Waals surface area contributed by atoms with Crippen molar-refractivity contribution in [3.8, 4) is 0 Å². The first-order chi connectivity index (χ1) is 14.9. The average Bonchev–Trinajstić information content (AvgIpc) is 3.29. The highest BCUT2D eigenvalue weighted by molar-refractivity contribution is 5.84. The summed E-state index contributed by atoms with van der Waals surface area (Å²) in [6.07, 6.45) is -2.52. The van der Waals surface area contributed by atoms with E-state index in [0.717, 1.165) is 5.56 Å². The van der Waals surface area contributed by atoms with Gasteiger partial charge in [-0.3, -0.25) is 14.7 Å². The average molecular weight is 431 g/mol. The molecule has 1 aliphatic rings. The molecule has 3 aromatic rings. The van der Waals surface area contributed by atoms with Gasteiger partial charge in [-0.15, -0.1) is 0 Å². The molecule has 0 saturated carbocycles. The zero-order valence-corrected chi connectivity index (χ0v) is 16.2. The lowest BCUT2D eigenvalue weighted by Gasteiger charge is -2.16. The number of imidazole rings is 1. The number of aliphatic hydroxyl groups is 3. The van der Waals surface area contributed by atoms with E-state index in [-0.39, 0.29) is 11.6 Å². The predicted molar refractivity (Wildman–Crippen MR) is 108 cm³/mol. The van der Waals surface area contributed by atoms with Crippen molar-refractivity contribution in [3.05, 3.63) is 46.3 Å². The number of rotatable bonds is 7. The minimum absolute atomic E-state index is 0.0254. The molecule has 4 atom stereocenters. The Hall–Kier alpha value is -3.39. The Kier molecular flexibility index (Phi) is 5.65. The van der Waals surface area contributed by atoms with Crippen LogP contribution in [0.15, 0.2) is 30.6 Å². The van der Waals surface area contributed by atoms with Crippen molar-refractivity contribution in [2.75, 3.05) is 24.2 Å². The third-order valence-electron chi connectivity index (χ3n) is 5.08. The highest BCUT2D eigenvalue weighted by Gasteiger charge is 2.44. The van der Waals surface area contributed by atoms with Crippen LogP contribution in [0.4, 0.5) is 17.5 Å². The van der Waals surface area contributed by atoms with E-state index in [4.69, 9.17) is 10.5 Å². The number of hydrogen-bond acceptors (Lipinski definition) is 11. The van der Waals surface area contributed by atoms with Gasteiger partial charge in [0.2, 0.25) is 5.95 Å². The number of ether oxygens (including phenoxy) is 1. The summed E-state index contributed by atoms with van der Waals surface area (Å²) in [4.78, 5) is 22.9. The molecule has 0 amide bonds. The van der Waals surface area contributed by atoms with Crippen LogP contribution in [0.5, 0.6) is 0 Å². The summed E-state index contributed by atoms with van der Waals surface area (Å²) in [5.41, 5.74) is 7.43. The molecule has 0 spiro atoms. The van der Waals surface area contributed by atoms with Crippen molar-refractivity contribution in [1.82, 2.24) is 19.5 Å². The number of anilines is 2. The fourth-order valence-electron chi connectivity index (χ4n) is 3.46. The van der Waals surface area contributed by atoms with Gasteiger partial charge in [0.05, 0.1) is 17.9 Å². The van der Waals surface area contributed by atoms with Crippen molar-refractivity contribution in [2.24, 2.45) is 0 Å². The van der Waals surface area contributed by atoms with E-state index < -0.39 is 36.1 Å². The minimum atomic E-state index is -1.29. The van der Waals surface area contributed by atoms with Crippen LogP contribution in [0.3, 0.4) is 0 Å². The number of nitrogen functional groups attached to an aromatic ring is 1. The molecule has 13 heteroatoms. The molecule has 0 aliphatic carbocycles. The second-order valence-electron chi connectivity index (χ2n) is 7.08. The smallest absolute Gasteiger partial charge is 0.269 e. The zero-order chi connectivity index (χ0) is 22.1. The van der Waals surface area contributed by atoms with Gasteiger partial charge in [0.25, 0.3) is 5.69 Å². The van der Waals surface area contributed by atoms with E-state index in [0.29, 0.717) is 29.9 Å². The third-order valence-corrected chi connectivity index (χ3v) is 5.08. The summed E-state index contributed by atoms with van der Waals surface area (Å²) >= 11 is 0. The molecule has 2 aromatic heterocycles. The Labute approximate surface area is 175 Å². The highest BCUT2D eigenvalue weighted by Crippen LogP contribution is 2.32. The van der Waals surface area contributed by atoms with Crippen LogP contribution in [0.1, 0.15) is 11.8 Å². The first-order valence-electron chi connectivity index (χ1n) is 9.48. The number of non-ortho nitro benzene ring substituents is 1. The molecule has 1 aromatic carbocycles. The maximum atomic E-state index is 10.7. The summed E-state index contributed by atoms with van der Waals surface area (Å²) < 4.78 is 6.97. The van der Waals surface area contributed by atoms with Gasteiger partial charge in [-0.2, -0.15) is 9.97 Å². The predicted octanol–water partition coefficient (Wildman–Crippen LogP) is -0.417. The number of nitro benzene ring substituents is 1. The second-order valence-corrected chi connectivity index (χ2v) is 7.08. The molecule has 13 nitrogen and oxygen atoms in total. The van der Waals surface area contributed by atoms with Gasteiger partial charge in [0, 0.05) is 18.7 Å². The minimum Gasteiger partial charge on any atom is -0.394 e. The quantitative estimate of drug-likeness (QED) is 0.241. The first-order valence-corrected chi connectivity index (χ1v) is 9.48. The van der Waals surface area contributed by atoms with E-state index in [9.17, 15) is 25.4 Å². The molecule has 1 saturated heterocycles. The topological polar surface area (TPSA) is 195 Å². The Bertz CT molecular complexity index is 1090. The van der Waals surface area contributed by atoms with Crippen LogP contribution in [0, 0.1) is 10.1 Å². The summed E-state index contributed by atoms with van der Waals surface area (Å²) in [7, 11) is 0. The molecule has 4 rings (SSSR count). The fraction of sp³-hybridized carbons (Fsp3) is 0.389. The van der Waals surface area contributed by atoms with Gasteiger partial charge in [-0.25, -0.2) is 4.98 Å². The van der Waals surface area contributed by atoms with Crippen LogP contribution in [0.2, 0.25) is 0 Å². The maximum Gasteiger partial charge on any atom is 0.269 e. The molecule has 31 heavy (non-hydrogen) atoms. The van der Waals surface area contributed by atoms with Crippen molar-refractivity contribution >= 4 is 28.6 Å². The van der Waals surface area contributed by atoms with Crippen LogP contribution in [-0.2, 0) is 11.2 Å². The van der Waals surface area contributed by atoms with Crippen LogP contribution < -0.4 is 11.1 Å². The van der Waals surface area contributed by atoms with Gasteiger partial charge in [-0.05, 0) is 12.0 Å². The van der Waals surface area contributed by atoms with E-state index in [1.807, 2.05) is 0 Å². The molecule has 6 N–H and O–H groups in total. The molecule has 1 aliphatic heterocycles.